The molecule has 1 aliphatic rings. The average Bonchev–Trinajstić information content (AvgIpc) is 2.33. The average molecular weight is 236 g/mol. The first-order valence-electron chi connectivity index (χ1n) is 6.16. The predicted molar refractivity (Wildman–Crippen MR) is 68.2 cm³/mol. The van der Waals surface area contributed by atoms with Crippen molar-refractivity contribution in [2.24, 2.45) is 0 Å². The highest BCUT2D eigenvalue weighted by Gasteiger charge is 2.36. The molecule has 0 spiro atoms. The lowest BCUT2D eigenvalue weighted by Crippen LogP contribution is -2.48. The van der Waals surface area contributed by atoms with Gasteiger partial charge in [0.05, 0.1) is 12.1 Å². The second-order valence-corrected chi connectivity index (χ2v) is 4.58. The molecule has 1 heterocycles. The lowest BCUT2D eigenvalue weighted by molar-refractivity contribution is 0.144. The Balaban J connectivity index is 2.19. The van der Waals surface area contributed by atoms with Gasteiger partial charge in [-0.15, -0.1) is 0 Å². The van der Waals surface area contributed by atoms with Crippen LogP contribution in [0, 0.1) is 0 Å². The molecule has 5 nitrogen and oxygen atoms in total. The van der Waals surface area contributed by atoms with Gasteiger partial charge in [-0.1, -0.05) is 6.92 Å². The summed E-state index contributed by atoms with van der Waals surface area (Å²) in [5.74, 6) is 2.42. The number of aliphatic hydroxyl groups excluding tert-OH is 1. The fourth-order valence-electron chi connectivity index (χ4n) is 2.05. The van der Waals surface area contributed by atoms with E-state index in [0.717, 1.165) is 43.1 Å². The summed E-state index contributed by atoms with van der Waals surface area (Å²) < 4.78 is 0. The summed E-state index contributed by atoms with van der Waals surface area (Å²) in [6, 6.07) is 1.88. The SMILES string of the molecule is CCc1nc(NC)cc(NC2(CO)CCC2)n1. The zero-order chi connectivity index (χ0) is 12.3. The molecule has 0 aliphatic heterocycles. The molecule has 1 aromatic rings. The number of aryl methyl sites for hydroxylation is 1. The van der Waals surface area contributed by atoms with Crippen molar-refractivity contribution in [1.29, 1.82) is 0 Å². The van der Waals surface area contributed by atoms with Crippen LogP contribution in [-0.2, 0) is 6.42 Å². The molecule has 5 heteroatoms. The van der Waals surface area contributed by atoms with E-state index in [1.165, 1.54) is 0 Å². The van der Waals surface area contributed by atoms with Gasteiger partial charge in [-0.3, -0.25) is 0 Å². The minimum Gasteiger partial charge on any atom is -0.394 e. The van der Waals surface area contributed by atoms with E-state index >= 15 is 0 Å². The molecule has 2 rings (SSSR count). The minimum atomic E-state index is -0.162. The fraction of sp³-hybridized carbons (Fsp3) is 0.667. The topological polar surface area (TPSA) is 70.1 Å². The molecular weight excluding hydrogens is 216 g/mol. The second-order valence-electron chi connectivity index (χ2n) is 4.58. The minimum absolute atomic E-state index is 0.160. The molecule has 1 aliphatic carbocycles. The van der Waals surface area contributed by atoms with Gasteiger partial charge in [-0.05, 0) is 19.3 Å². The Labute approximate surface area is 102 Å². The fourth-order valence-corrected chi connectivity index (χ4v) is 2.05. The summed E-state index contributed by atoms with van der Waals surface area (Å²) >= 11 is 0. The van der Waals surface area contributed by atoms with Gasteiger partial charge in [-0.25, -0.2) is 9.97 Å². The maximum atomic E-state index is 9.43. The summed E-state index contributed by atoms with van der Waals surface area (Å²) in [6.07, 6.45) is 3.97. The highest BCUT2D eigenvalue weighted by molar-refractivity contribution is 5.49. The number of rotatable bonds is 5. The van der Waals surface area contributed by atoms with Gasteiger partial charge in [0.2, 0.25) is 0 Å². The van der Waals surface area contributed by atoms with Crippen LogP contribution in [0.2, 0.25) is 0 Å². The summed E-state index contributed by atoms with van der Waals surface area (Å²) in [7, 11) is 1.84. The Kier molecular flexibility index (Phi) is 3.47. The first-order valence-corrected chi connectivity index (χ1v) is 6.16. The van der Waals surface area contributed by atoms with E-state index in [-0.39, 0.29) is 12.1 Å². The Morgan fingerprint density at radius 3 is 2.53 bits per heavy atom. The van der Waals surface area contributed by atoms with E-state index in [1.807, 2.05) is 20.0 Å². The molecule has 1 saturated carbocycles. The number of aliphatic hydroxyl groups is 1. The zero-order valence-electron chi connectivity index (χ0n) is 10.5. The van der Waals surface area contributed by atoms with Crippen molar-refractivity contribution in [1.82, 2.24) is 9.97 Å². The number of nitrogens with zero attached hydrogens (tertiary/aromatic N) is 2. The van der Waals surface area contributed by atoms with E-state index in [0.29, 0.717) is 0 Å². The Morgan fingerprint density at radius 2 is 2.06 bits per heavy atom. The molecule has 0 unspecified atom stereocenters. The molecule has 1 fully saturated rings. The van der Waals surface area contributed by atoms with Crippen molar-refractivity contribution in [3.8, 4) is 0 Å². The van der Waals surface area contributed by atoms with E-state index in [4.69, 9.17) is 0 Å². The van der Waals surface area contributed by atoms with E-state index in [1.54, 1.807) is 0 Å². The summed E-state index contributed by atoms with van der Waals surface area (Å²) in [6.45, 7) is 2.19. The predicted octanol–water partition coefficient (Wildman–Crippen LogP) is 1.41. The van der Waals surface area contributed by atoms with Crippen LogP contribution in [0.25, 0.3) is 0 Å². The number of hydrogen-bond donors (Lipinski definition) is 3. The first-order chi connectivity index (χ1) is 8.21. The monoisotopic (exact) mass is 236 g/mol. The van der Waals surface area contributed by atoms with Crippen LogP contribution in [0.4, 0.5) is 11.6 Å². The third kappa shape index (κ3) is 2.49. The Hall–Kier alpha value is -1.36. The molecule has 0 saturated heterocycles. The lowest BCUT2D eigenvalue weighted by atomic mass is 9.77. The first kappa shape index (κ1) is 12.1. The van der Waals surface area contributed by atoms with Crippen LogP contribution in [0.5, 0.6) is 0 Å². The van der Waals surface area contributed by atoms with Crippen molar-refractivity contribution in [3.05, 3.63) is 11.9 Å². The van der Waals surface area contributed by atoms with Gasteiger partial charge >= 0.3 is 0 Å². The maximum absolute atomic E-state index is 9.43. The Bertz CT molecular complexity index is 362. The molecule has 0 amide bonds. The summed E-state index contributed by atoms with van der Waals surface area (Å²) in [5, 5.41) is 15.8. The molecule has 0 aromatic carbocycles. The molecular formula is C12H20N4O. The van der Waals surface area contributed by atoms with Crippen LogP contribution in [0.15, 0.2) is 6.07 Å². The highest BCUT2D eigenvalue weighted by Crippen LogP contribution is 2.34. The second kappa shape index (κ2) is 4.87. The lowest BCUT2D eigenvalue weighted by Gasteiger charge is -2.41. The highest BCUT2D eigenvalue weighted by atomic mass is 16.3. The summed E-state index contributed by atoms with van der Waals surface area (Å²) in [4.78, 5) is 8.79. The van der Waals surface area contributed by atoms with Crippen LogP contribution in [-0.4, -0.2) is 34.3 Å². The Morgan fingerprint density at radius 1 is 1.35 bits per heavy atom. The number of anilines is 2. The van der Waals surface area contributed by atoms with E-state index in [2.05, 4.69) is 20.6 Å². The molecule has 3 N–H and O–H groups in total. The molecule has 17 heavy (non-hydrogen) atoms. The molecule has 1 aromatic heterocycles. The molecule has 0 bridgehead atoms. The standard InChI is InChI=1S/C12H20N4O/c1-3-9-14-10(13-2)7-11(15-9)16-12(8-17)5-4-6-12/h7,17H,3-6,8H2,1-2H3,(H2,13,14,15,16). The summed E-state index contributed by atoms with van der Waals surface area (Å²) in [5.41, 5.74) is -0.162. The largest absolute Gasteiger partial charge is 0.394 e. The smallest absolute Gasteiger partial charge is 0.132 e. The maximum Gasteiger partial charge on any atom is 0.132 e. The van der Waals surface area contributed by atoms with E-state index in [9.17, 15) is 5.11 Å². The van der Waals surface area contributed by atoms with Crippen LogP contribution in [0.1, 0.15) is 32.0 Å². The third-order valence-electron chi connectivity index (χ3n) is 3.35. The quantitative estimate of drug-likeness (QED) is 0.721. The third-order valence-corrected chi connectivity index (χ3v) is 3.35. The van der Waals surface area contributed by atoms with Gasteiger partial charge in [0.1, 0.15) is 17.5 Å². The van der Waals surface area contributed by atoms with Crippen molar-refractivity contribution in [3.63, 3.8) is 0 Å². The van der Waals surface area contributed by atoms with Crippen molar-refractivity contribution in [2.75, 3.05) is 24.3 Å². The van der Waals surface area contributed by atoms with Crippen LogP contribution in [0.3, 0.4) is 0 Å². The van der Waals surface area contributed by atoms with Crippen molar-refractivity contribution >= 4 is 11.6 Å². The van der Waals surface area contributed by atoms with Crippen molar-refractivity contribution in [2.45, 2.75) is 38.1 Å². The van der Waals surface area contributed by atoms with Crippen LogP contribution < -0.4 is 10.6 Å². The molecule has 94 valence electrons. The number of aromatic nitrogens is 2. The van der Waals surface area contributed by atoms with Gasteiger partial charge in [0, 0.05) is 19.5 Å². The number of hydrogen-bond acceptors (Lipinski definition) is 5. The van der Waals surface area contributed by atoms with Gasteiger partial charge < -0.3 is 15.7 Å². The van der Waals surface area contributed by atoms with Gasteiger partial charge in [-0.2, -0.15) is 0 Å². The molecule has 0 radical (unpaired) electrons. The zero-order valence-corrected chi connectivity index (χ0v) is 10.5. The van der Waals surface area contributed by atoms with E-state index < -0.39 is 0 Å². The van der Waals surface area contributed by atoms with Gasteiger partial charge in [0.25, 0.3) is 0 Å². The molecule has 0 atom stereocenters. The van der Waals surface area contributed by atoms with Gasteiger partial charge in [0.15, 0.2) is 0 Å². The number of nitrogens with one attached hydrogen (secondary N) is 2. The normalized spacial score (nSPS) is 17.4. The van der Waals surface area contributed by atoms with Crippen LogP contribution >= 0.6 is 0 Å². The van der Waals surface area contributed by atoms with Crippen molar-refractivity contribution < 1.29 is 5.11 Å².